The third-order valence-corrected chi connectivity index (χ3v) is 6.03. The Kier molecular flexibility index (Phi) is 5.55. The zero-order valence-corrected chi connectivity index (χ0v) is 15.9. The summed E-state index contributed by atoms with van der Waals surface area (Å²) in [6, 6.07) is 3.09. The molecular formula is C17H18ClN3O4S. The Balaban J connectivity index is 2.08. The highest BCUT2D eigenvalue weighted by Crippen LogP contribution is 2.40. The summed E-state index contributed by atoms with van der Waals surface area (Å²) in [6.07, 6.45) is 3.70. The SMILES string of the molecule is COc1ccc(C(=O)c2cnn(C)c2O)c(Cl)c1N=C1CCCC[S+]1[O-]. The first-order valence-electron chi connectivity index (χ1n) is 8.02. The molecule has 1 atom stereocenters. The molecule has 1 fully saturated rings. The number of nitrogens with zero attached hydrogens (tertiary/aromatic N) is 3. The predicted molar refractivity (Wildman–Crippen MR) is 100 cm³/mol. The summed E-state index contributed by atoms with van der Waals surface area (Å²) in [5, 5.41) is 14.5. The number of carbonyl (C=O) groups excluding carboxylic acids is 1. The topological polar surface area (TPSA) is 99.8 Å². The number of hydrogen-bond acceptors (Lipinski definition) is 6. The maximum Gasteiger partial charge on any atom is 0.221 e. The molecule has 0 spiro atoms. The van der Waals surface area contributed by atoms with Crippen LogP contribution in [0.15, 0.2) is 23.3 Å². The quantitative estimate of drug-likeness (QED) is 0.633. The fraction of sp³-hybridized carbons (Fsp3) is 0.353. The molecule has 1 aromatic carbocycles. The molecule has 1 saturated heterocycles. The van der Waals surface area contributed by atoms with E-state index in [0.29, 0.717) is 23.0 Å². The number of rotatable bonds is 4. The van der Waals surface area contributed by atoms with Crippen molar-refractivity contribution in [3.05, 3.63) is 34.5 Å². The molecule has 0 bridgehead atoms. The maximum atomic E-state index is 12.8. The molecule has 1 aromatic heterocycles. The molecule has 2 aromatic rings. The number of aliphatic imine (C=N–C) groups is 1. The fourth-order valence-corrected chi connectivity index (χ4v) is 4.25. The zero-order valence-electron chi connectivity index (χ0n) is 14.4. The smallest absolute Gasteiger partial charge is 0.221 e. The van der Waals surface area contributed by atoms with Gasteiger partial charge in [0.1, 0.15) is 22.8 Å². The van der Waals surface area contributed by atoms with Gasteiger partial charge in [0.25, 0.3) is 0 Å². The Morgan fingerprint density at radius 1 is 1.42 bits per heavy atom. The molecule has 0 radical (unpaired) electrons. The minimum absolute atomic E-state index is 0.0411. The summed E-state index contributed by atoms with van der Waals surface area (Å²) < 4.78 is 18.7. The van der Waals surface area contributed by atoms with Crippen molar-refractivity contribution in [3.8, 4) is 11.6 Å². The van der Waals surface area contributed by atoms with Gasteiger partial charge < -0.3 is 14.4 Å². The molecule has 0 aliphatic carbocycles. The minimum atomic E-state index is -1.15. The molecule has 138 valence electrons. The Morgan fingerprint density at radius 2 is 2.19 bits per heavy atom. The van der Waals surface area contributed by atoms with E-state index in [4.69, 9.17) is 16.3 Å². The van der Waals surface area contributed by atoms with Crippen LogP contribution in [0.5, 0.6) is 11.6 Å². The lowest BCUT2D eigenvalue weighted by atomic mass is 10.0. The number of methoxy groups -OCH3 is 1. The number of aryl methyl sites for hydroxylation is 1. The van der Waals surface area contributed by atoms with E-state index in [-0.39, 0.29) is 27.7 Å². The van der Waals surface area contributed by atoms with Gasteiger partial charge in [-0.15, -0.1) is 0 Å². The van der Waals surface area contributed by atoms with Crippen LogP contribution in [0.2, 0.25) is 5.02 Å². The summed E-state index contributed by atoms with van der Waals surface area (Å²) in [7, 11) is 3.00. The van der Waals surface area contributed by atoms with Crippen LogP contribution in [0.25, 0.3) is 0 Å². The standard InChI is InChI=1S/C17H18ClN3O4S/c1-21-17(23)11(9-19-21)16(22)10-6-7-12(25-2)15(14(10)18)20-13-5-3-4-8-26(13)24/h6-7,9,23H,3-5,8H2,1-2H3. The molecular weight excluding hydrogens is 378 g/mol. The van der Waals surface area contributed by atoms with E-state index in [1.807, 2.05) is 0 Å². The number of hydrogen-bond donors (Lipinski definition) is 1. The first-order valence-corrected chi connectivity index (χ1v) is 9.71. The molecule has 1 aliphatic rings. The fourth-order valence-electron chi connectivity index (χ4n) is 2.70. The van der Waals surface area contributed by atoms with Gasteiger partial charge in [-0.3, -0.25) is 4.79 Å². The molecule has 0 amide bonds. The first kappa shape index (κ1) is 18.8. The summed E-state index contributed by atoms with van der Waals surface area (Å²) in [5.74, 6) is 0.232. The number of aromatic hydroxyl groups is 1. The van der Waals surface area contributed by atoms with Gasteiger partial charge in [-0.2, -0.15) is 5.10 Å². The van der Waals surface area contributed by atoms with E-state index >= 15 is 0 Å². The summed E-state index contributed by atoms with van der Waals surface area (Å²) in [4.78, 5) is 17.2. The Hall–Kier alpha value is -2.03. The molecule has 26 heavy (non-hydrogen) atoms. The molecule has 3 rings (SSSR count). The Labute approximate surface area is 158 Å². The van der Waals surface area contributed by atoms with Crippen LogP contribution in [0, 0.1) is 0 Å². The minimum Gasteiger partial charge on any atom is -0.610 e. The van der Waals surface area contributed by atoms with Gasteiger partial charge in [-0.25, -0.2) is 9.67 Å². The van der Waals surface area contributed by atoms with Gasteiger partial charge >= 0.3 is 0 Å². The van der Waals surface area contributed by atoms with E-state index in [1.54, 1.807) is 6.07 Å². The van der Waals surface area contributed by atoms with Crippen LogP contribution in [0.1, 0.15) is 35.2 Å². The monoisotopic (exact) mass is 395 g/mol. The maximum absolute atomic E-state index is 12.8. The molecule has 7 nitrogen and oxygen atoms in total. The number of ketones is 1. The third-order valence-electron chi connectivity index (χ3n) is 4.17. The van der Waals surface area contributed by atoms with Crippen molar-refractivity contribution in [1.82, 2.24) is 9.78 Å². The van der Waals surface area contributed by atoms with Crippen LogP contribution in [0.3, 0.4) is 0 Å². The number of carbonyl (C=O) groups is 1. The number of halogens is 1. The normalized spacial score (nSPS) is 18.9. The molecule has 0 saturated carbocycles. The predicted octanol–water partition coefficient (Wildman–Crippen LogP) is 2.98. The summed E-state index contributed by atoms with van der Waals surface area (Å²) in [6.45, 7) is 0. The van der Waals surface area contributed by atoms with Crippen molar-refractivity contribution in [2.45, 2.75) is 19.3 Å². The van der Waals surface area contributed by atoms with Crippen molar-refractivity contribution in [3.63, 3.8) is 0 Å². The van der Waals surface area contributed by atoms with Crippen molar-refractivity contribution in [2.24, 2.45) is 12.0 Å². The zero-order chi connectivity index (χ0) is 18.8. The second kappa shape index (κ2) is 7.69. The average molecular weight is 396 g/mol. The van der Waals surface area contributed by atoms with Crippen molar-refractivity contribution in [2.75, 3.05) is 12.9 Å². The number of aromatic nitrogens is 2. The van der Waals surface area contributed by atoms with Crippen molar-refractivity contribution >= 4 is 39.3 Å². The van der Waals surface area contributed by atoms with Crippen LogP contribution >= 0.6 is 11.6 Å². The summed E-state index contributed by atoms with van der Waals surface area (Å²) in [5.41, 5.74) is 0.477. The lowest BCUT2D eigenvalue weighted by Gasteiger charge is -2.18. The van der Waals surface area contributed by atoms with E-state index in [0.717, 1.165) is 12.8 Å². The van der Waals surface area contributed by atoms with Crippen LogP contribution < -0.4 is 4.74 Å². The Morgan fingerprint density at radius 3 is 2.81 bits per heavy atom. The van der Waals surface area contributed by atoms with E-state index < -0.39 is 17.0 Å². The van der Waals surface area contributed by atoms with Gasteiger partial charge in [-0.1, -0.05) is 11.6 Å². The molecule has 1 unspecified atom stereocenters. The number of benzene rings is 1. The lowest BCUT2D eigenvalue weighted by Crippen LogP contribution is -2.23. The van der Waals surface area contributed by atoms with Crippen molar-refractivity contribution < 1.29 is 19.2 Å². The van der Waals surface area contributed by atoms with Crippen LogP contribution in [-0.2, 0) is 18.2 Å². The highest BCUT2D eigenvalue weighted by atomic mass is 35.5. The third kappa shape index (κ3) is 3.44. The largest absolute Gasteiger partial charge is 0.610 e. The van der Waals surface area contributed by atoms with Gasteiger partial charge in [-0.05, 0) is 25.0 Å². The molecule has 9 heteroatoms. The molecule has 1 aliphatic heterocycles. The van der Waals surface area contributed by atoms with Crippen LogP contribution in [0.4, 0.5) is 5.69 Å². The highest BCUT2D eigenvalue weighted by molar-refractivity contribution is 8.06. The van der Waals surface area contributed by atoms with Gasteiger partial charge in [0.05, 0.1) is 18.3 Å². The first-order chi connectivity index (χ1) is 12.4. The second-order valence-electron chi connectivity index (χ2n) is 5.82. The van der Waals surface area contributed by atoms with Crippen molar-refractivity contribution in [1.29, 1.82) is 0 Å². The molecule has 1 N–H and O–H groups in total. The lowest BCUT2D eigenvalue weighted by molar-refractivity contribution is 0.103. The van der Waals surface area contributed by atoms with E-state index in [9.17, 15) is 14.5 Å². The second-order valence-corrected chi connectivity index (χ2v) is 7.77. The van der Waals surface area contributed by atoms with E-state index in [2.05, 4.69) is 10.1 Å². The Bertz CT molecular complexity index is 881. The highest BCUT2D eigenvalue weighted by Gasteiger charge is 2.26. The number of ether oxygens (including phenoxy) is 1. The average Bonchev–Trinajstić information content (AvgIpc) is 2.97. The van der Waals surface area contributed by atoms with Gasteiger partial charge in [0.15, 0.2) is 0 Å². The van der Waals surface area contributed by atoms with E-state index in [1.165, 1.54) is 31.1 Å². The molecule has 2 heterocycles. The van der Waals surface area contributed by atoms with Gasteiger partial charge in [0.2, 0.25) is 16.7 Å². The summed E-state index contributed by atoms with van der Waals surface area (Å²) >= 11 is 5.29. The van der Waals surface area contributed by atoms with Crippen LogP contribution in [-0.4, -0.2) is 43.1 Å². The van der Waals surface area contributed by atoms with Gasteiger partial charge in [0, 0.05) is 30.2 Å².